The summed E-state index contributed by atoms with van der Waals surface area (Å²) in [6, 6.07) is 12.2. The zero-order valence-corrected chi connectivity index (χ0v) is 14.2. The number of aromatic nitrogens is 1. The average molecular weight is 319 g/mol. The van der Waals surface area contributed by atoms with Crippen LogP contribution in [0.15, 0.2) is 36.4 Å². The van der Waals surface area contributed by atoms with Gasteiger partial charge < -0.3 is 5.11 Å². The molecule has 0 saturated carbocycles. The van der Waals surface area contributed by atoms with Crippen LogP contribution in [0.2, 0.25) is 0 Å². The zero-order chi connectivity index (χ0) is 17.0. The van der Waals surface area contributed by atoms with Gasteiger partial charge in [0.05, 0.1) is 5.52 Å². The highest BCUT2D eigenvalue weighted by molar-refractivity contribution is 5.78. The van der Waals surface area contributed by atoms with E-state index in [1.165, 1.54) is 19.3 Å². The summed E-state index contributed by atoms with van der Waals surface area (Å²) in [5.74, 6) is 8.73. The van der Waals surface area contributed by atoms with Gasteiger partial charge in [0.15, 0.2) is 0 Å². The summed E-state index contributed by atoms with van der Waals surface area (Å²) in [6.07, 6.45) is 13.1. The zero-order valence-electron chi connectivity index (χ0n) is 14.2. The van der Waals surface area contributed by atoms with E-state index in [2.05, 4.69) is 34.9 Å². The number of hydrogen-bond donors (Lipinski definition) is 1. The number of aliphatic hydroxyl groups excluding tert-OH is 1. The van der Waals surface area contributed by atoms with E-state index in [9.17, 15) is 5.11 Å². The van der Waals surface area contributed by atoms with Crippen LogP contribution in [0, 0.1) is 24.2 Å². The molecule has 2 aromatic rings. The van der Waals surface area contributed by atoms with Gasteiger partial charge in [0.2, 0.25) is 0 Å². The molecule has 1 N–H and O–H groups in total. The number of para-hydroxylation sites is 1. The van der Waals surface area contributed by atoms with Crippen LogP contribution in [0.1, 0.15) is 57.1 Å². The van der Waals surface area contributed by atoms with E-state index in [4.69, 9.17) is 6.42 Å². The number of nitrogens with zero attached hydrogens (tertiary/aromatic N) is 1. The molecule has 124 valence electrons. The third-order valence-corrected chi connectivity index (χ3v) is 4.04. The predicted octanol–water partition coefficient (Wildman–Crippen LogP) is 4.70. The lowest BCUT2D eigenvalue weighted by atomic mass is 10.1. The van der Waals surface area contributed by atoms with E-state index in [1.807, 2.05) is 24.3 Å². The van der Waals surface area contributed by atoms with Gasteiger partial charge in [0.25, 0.3) is 0 Å². The Kier molecular flexibility index (Phi) is 7.88. The highest BCUT2D eigenvalue weighted by Gasteiger charge is 1.98. The van der Waals surface area contributed by atoms with Gasteiger partial charge in [-0.05, 0) is 37.3 Å². The average Bonchev–Trinajstić information content (AvgIpc) is 2.62. The van der Waals surface area contributed by atoms with Crippen molar-refractivity contribution >= 4 is 10.9 Å². The van der Waals surface area contributed by atoms with Crippen LogP contribution >= 0.6 is 0 Å². The fourth-order valence-electron chi connectivity index (χ4n) is 2.63. The fourth-order valence-corrected chi connectivity index (χ4v) is 2.63. The number of rotatable bonds is 8. The lowest BCUT2D eigenvalue weighted by molar-refractivity contribution is 0.217. The molecule has 1 aromatic heterocycles. The minimum absolute atomic E-state index is 0.566. The van der Waals surface area contributed by atoms with Gasteiger partial charge in [0, 0.05) is 11.8 Å². The molecule has 0 amide bonds. The Labute approximate surface area is 145 Å². The Morgan fingerprint density at radius 2 is 1.71 bits per heavy atom. The SMILES string of the molecule is C#CC(O)CCCCCCCCC#Cc1ccc2ccccc2n1. The fraction of sp³-hybridized carbons (Fsp3) is 0.409. The summed E-state index contributed by atoms with van der Waals surface area (Å²) in [4.78, 5) is 4.56. The summed E-state index contributed by atoms with van der Waals surface area (Å²) in [5.41, 5.74) is 1.85. The maximum atomic E-state index is 9.25. The molecule has 0 spiro atoms. The van der Waals surface area contributed by atoms with Crippen LogP contribution in [0.25, 0.3) is 10.9 Å². The highest BCUT2D eigenvalue weighted by atomic mass is 16.3. The lowest BCUT2D eigenvalue weighted by Crippen LogP contribution is -2.01. The Bertz CT molecular complexity index is 733. The molecule has 24 heavy (non-hydrogen) atoms. The Balaban J connectivity index is 1.59. The second-order valence-corrected chi connectivity index (χ2v) is 6.03. The van der Waals surface area contributed by atoms with Gasteiger partial charge in [-0.2, -0.15) is 0 Å². The van der Waals surface area contributed by atoms with Crippen molar-refractivity contribution in [2.45, 2.75) is 57.5 Å². The molecule has 1 unspecified atom stereocenters. The third kappa shape index (κ3) is 6.45. The van der Waals surface area contributed by atoms with E-state index in [0.717, 1.165) is 48.7 Å². The Morgan fingerprint density at radius 3 is 2.54 bits per heavy atom. The van der Waals surface area contributed by atoms with E-state index in [1.54, 1.807) is 0 Å². The predicted molar refractivity (Wildman–Crippen MR) is 100 cm³/mol. The van der Waals surface area contributed by atoms with Gasteiger partial charge in [-0.25, -0.2) is 4.98 Å². The van der Waals surface area contributed by atoms with Gasteiger partial charge >= 0.3 is 0 Å². The molecule has 1 atom stereocenters. The van der Waals surface area contributed by atoms with Gasteiger partial charge in [-0.1, -0.05) is 61.8 Å². The normalized spacial score (nSPS) is 11.5. The molecule has 1 heterocycles. The molecule has 0 bridgehead atoms. The molecule has 0 saturated heterocycles. The third-order valence-electron chi connectivity index (χ3n) is 4.04. The second-order valence-electron chi connectivity index (χ2n) is 6.03. The maximum absolute atomic E-state index is 9.25. The van der Waals surface area contributed by atoms with Gasteiger partial charge in [0.1, 0.15) is 11.8 Å². The molecule has 0 aliphatic heterocycles. The minimum atomic E-state index is -0.566. The molecule has 2 rings (SSSR count). The number of terminal acetylenes is 1. The van der Waals surface area contributed by atoms with Gasteiger partial charge in [-0.3, -0.25) is 0 Å². The second kappa shape index (κ2) is 10.5. The van der Waals surface area contributed by atoms with Crippen LogP contribution < -0.4 is 0 Å². The first kappa shape index (κ1) is 18.1. The van der Waals surface area contributed by atoms with Crippen molar-refractivity contribution in [3.63, 3.8) is 0 Å². The van der Waals surface area contributed by atoms with Crippen molar-refractivity contribution in [2.75, 3.05) is 0 Å². The number of pyridine rings is 1. The summed E-state index contributed by atoms with van der Waals surface area (Å²) in [5, 5.41) is 10.4. The largest absolute Gasteiger partial charge is 0.380 e. The summed E-state index contributed by atoms with van der Waals surface area (Å²) >= 11 is 0. The molecule has 0 aliphatic rings. The van der Waals surface area contributed by atoms with Crippen molar-refractivity contribution in [1.82, 2.24) is 4.98 Å². The first-order valence-electron chi connectivity index (χ1n) is 8.78. The smallest absolute Gasteiger partial charge is 0.114 e. The number of aliphatic hydroxyl groups is 1. The number of benzene rings is 1. The molecule has 0 aliphatic carbocycles. The van der Waals surface area contributed by atoms with Crippen LogP contribution in [0.4, 0.5) is 0 Å². The molecule has 1 aromatic carbocycles. The summed E-state index contributed by atoms with van der Waals surface area (Å²) < 4.78 is 0. The van der Waals surface area contributed by atoms with Crippen molar-refractivity contribution in [1.29, 1.82) is 0 Å². The lowest BCUT2D eigenvalue weighted by Gasteiger charge is -2.02. The van der Waals surface area contributed by atoms with Crippen molar-refractivity contribution in [3.05, 3.63) is 42.1 Å². The van der Waals surface area contributed by atoms with E-state index in [-0.39, 0.29) is 0 Å². The monoisotopic (exact) mass is 319 g/mol. The standard InChI is InChI=1S/C22H25NO/c1-2-21(24)15-10-8-6-4-3-5-7-9-14-20-18-17-19-13-11-12-16-22(19)23-20/h1,11-13,16-18,21,24H,3-8,10,15H2. The quantitative estimate of drug-likeness (QED) is 0.565. The van der Waals surface area contributed by atoms with Crippen LogP contribution in [0.5, 0.6) is 0 Å². The van der Waals surface area contributed by atoms with Crippen LogP contribution in [0.3, 0.4) is 0 Å². The number of unbranched alkanes of at least 4 members (excludes halogenated alkanes) is 6. The maximum Gasteiger partial charge on any atom is 0.114 e. The van der Waals surface area contributed by atoms with Crippen LogP contribution in [-0.4, -0.2) is 16.2 Å². The summed E-state index contributed by atoms with van der Waals surface area (Å²) in [7, 11) is 0. The molecule has 2 nitrogen and oxygen atoms in total. The first-order valence-corrected chi connectivity index (χ1v) is 8.78. The van der Waals surface area contributed by atoms with Crippen molar-refractivity contribution in [2.24, 2.45) is 0 Å². The van der Waals surface area contributed by atoms with Gasteiger partial charge in [-0.15, -0.1) is 6.42 Å². The van der Waals surface area contributed by atoms with E-state index >= 15 is 0 Å². The molecular weight excluding hydrogens is 294 g/mol. The molecule has 0 fully saturated rings. The van der Waals surface area contributed by atoms with Crippen molar-refractivity contribution < 1.29 is 5.11 Å². The number of hydrogen-bond acceptors (Lipinski definition) is 2. The molecular formula is C22H25NO. The topological polar surface area (TPSA) is 33.1 Å². The summed E-state index contributed by atoms with van der Waals surface area (Å²) in [6.45, 7) is 0. The van der Waals surface area contributed by atoms with E-state index < -0.39 is 6.10 Å². The first-order chi connectivity index (χ1) is 11.8. The molecule has 2 heteroatoms. The number of fused-ring (bicyclic) bond motifs is 1. The highest BCUT2D eigenvalue weighted by Crippen LogP contribution is 2.12. The Morgan fingerprint density at radius 1 is 0.958 bits per heavy atom. The van der Waals surface area contributed by atoms with Crippen molar-refractivity contribution in [3.8, 4) is 24.2 Å². The molecule has 0 radical (unpaired) electrons. The Hall–Kier alpha value is -2.29. The van der Waals surface area contributed by atoms with E-state index in [0.29, 0.717) is 0 Å². The van der Waals surface area contributed by atoms with Crippen LogP contribution in [-0.2, 0) is 0 Å². The minimum Gasteiger partial charge on any atom is -0.380 e.